The zero-order valence-corrected chi connectivity index (χ0v) is 23.8. The number of piperidine rings is 1. The van der Waals surface area contributed by atoms with Gasteiger partial charge in [0.15, 0.2) is 0 Å². The molecule has 0 bridgehead atoms. The maximum absolute atomic E-state index is 14.5. The van der Waals surface area contributed by atoms with Crippen molar-refractivity contribution in [1.82, 2.24) is 13.9 Å². The van der Waals surface area contributed by atoms with Crippen molar-refractivity contribution in [3.63, 3.8) is 0 Å². The van der Waals surface area contributed by atoms with Gasteiger partial charge in [-0.25, -0.2) is 9.37 Å². The molecule has 217 valence electrons. The first-order valence-electron chi connectivity index (χ1n) is 14.7. The van der Waals surface area contributed by atoms with E-state index < -0.39 is 17.4 Å². The van der Waals surface area contributed by atoms with E-state index in [9.17, 15) is 18.0 Å². The molecule has 7 nitrogen and oxygen atoms in total. The molecule has 2 aliphatic heterocycles. The second-order valence-corrected chi connectivity index (χ2v) is 12.0. The molecule has 1 aromatic carbocycles. The summed E-state index contributed by atoms with van der Waals surface area (Å²) in [6.45, 7) is 5.87. The predicted molar refractivity (Wildman–Crippen MR) is 151 cm³/mol. The van der Waals surface area contributed by atoms with Gasteiger partial charge in [-0.3, -0.25) is 13.9 Å². The van der Waals surface area contributed by atoms with Gasteiger partial charge in [-0.2, -0.15) is 13.2 Å². The fourth-order valence-corrected chi connectivity index (χ4v) is 6.86. The van der Waals surface area contributed by atoms with Crippen molar-refractivity contribution < 1.29 is 17.7 Å². The number of likely N-dealkylation sites (tertiary alicyclic amines) is 1. The molecule has 3 atom stereocenters. The van der Waals surface area contributed by atoms with E-state index in [1.165, 1.54) is 21.2 Å². The minimum atomic E-state index is -4.60. The summed E-state index contributed by atoms with van der Waals surface area (Å²) >= 11 is 0. The van der Waals surface area contributed by atoms with E-state index >= 15 is 0 Å². The number of halogens is 3. The SMILES string of the molecule is CCC(c1cc(C(F)(F)F)c2cn(-c3cccc([C@H]([C]4N=NC=[N+]4C)C4CCC4)c3)c(=O)n2c1)N1CCC[C@H](C)C1. The average molecular weight is 567 g/mol. The number of azo groups is 1. The number of likely N-dealkylation sites (N-methyl/N-ethyl adjacent to an activating group) is 1. The number of hydrogen-bond acceptors (Lipinski definition) is 4. The molecular formula is C31H37F3N6O+. The number of pyridine rings is 1. The fourth-order valence-electron chi connectivity index (χ4n) is 6.86. The third kappa shape index (κ3) is 5.15. The molecule has 3 aromatic rings. The highest BCUT2D eigenvalue weighted by atomic mass is 19.4. The van der Waals surface area contributed by atoms with Crippen molar-refractivity contribution in [2.24, 2.45) is 22.1 Å². The number of hydrogen-bond donors (Lipinski definition) is 0. The molecule has 41 heavy (non-hydrogen) atoms. The van der Waals surface area contributed by atoms with Crippen LogP contribution in [-0.2, 0) is 6.18 Å². The van der Waals surface area contributed by atoms with Crippen molar-refractivity contribution in [1.29, 1.82) is 0 Å². The Bertz CT molecular complexity index is 1550. The van der Waals surface area contributed by atoms with Crippen LogP contribution in [0.5, 0.6) is 0 Å². The van der Waals surface area contributed by atoms with Crippen LogP contribution in [0.2, 0.25) is 0 Å². The van der Waals surface area contributed by atoms with E-state index in [0.29, 0.717) is 29.5 Å². The Morgan fingerprint density at radius 3 is 2.54 bits per heavy atom. The van der Waals surface area contributed by atoms with Crippen molar-refractivity contribution in [2.75, 3.05) is 20.1 Å². The number of fused-ring (bicyclic) bond motifs is 1. The number of rotatable bonds is 7. The molecule has 0 spiro atoms. The minimum absolute atomic E-state index is 0.00137. The third-order valence-corrected chi connectivity index (χ3v) is 9.15. The van der Waals surface area contributed by atoms with E-state index in [4.69, 9.17) is 0 Å². The highest BCUT2D eigenvalue weighted by Crippen LogP contribution is 2.46. The van der Waals surface area contributed by atoms with Crippen LogP contribution in [0.1, 0.15) is 81.0 Å². The van der Waals surface area contributed by atoms with Gasteiger partial charge in [0, 0.05) is 25.0 Å². The van der Waals surface area contributed by atoms with E-state index in [1.807, 2.05) is 36.7 Å². The lowest BCUT2D eigenvalue weighted by Gasteiger charge is -2.37. The zero-order valence-electron chi connectivity index (χ0n) is 23.8. The Kier molecular flexibility index (Phi) is 7.38. The number of nitrogens with zero attached hydrogens (tertiary/aromatic N) is 6. The topological polar surface area (TPSA) is 57.4 Å². The maximum Gasteiger partial charge on any atom is 0.418 e. The van der Waals surface area contributed by atoms with Crippen molar-refractivity contribution >= 4 is 11.9 Å². The Morgan fingerprint density at radius 1 is 1.10 bits per heavy atom. The molecule has 0 N–H and O–H groups in total. The van der Waals surface area contributed by atoms with Crippen LogP contribution in [0.4, 0.5) is 13.2 Å². The Hall–Kier alpha value is -3.27. The van der Waals surface area contributed by atoms with Gasteiger partial charge in [-0.1, -0.05) is 32.4 Å². The van der Waals surface area contributed by atoms with Crippen LogP contribution in [0.15, 0.2) is 57.7 Å². The summed E-state index contributed by atoms with van der Waals surface area (Å²) in [5, 5.41) is 8.45. The molecule has 3 aliphatic rings. The van der Waals surface area contributed by atoms with Crippen molar-refractivity contribution in [3.05, 3.63) is 76.1 Å². The molecule has 10 heteroatoms. The van der Waals surface area contributed by atoms with Gasteiger partial charge in [-0.05, 0) is 84.9 Å². The molecule has 4 heterocycles. The predicted octanol–water partition coefficient (Wildman–Crippen LogP) is 6.80. The summed E-state index contributed by atoms with van der Waals surface area (Å²) < 4.78 is 47.8. The van der Waals surface area contributed by atoms with Crippen LogP contribution in [-0.4, -0.2) is 44.9 Å². The van der Waals surface area contributed by atoms with Crippen LogP contribution in [0.3, 0.4) is 0 Å². The summed E-state index contributed by atoms with van der Waals surface area (Å²) in [6.07, 6.45) is 7.00. The average Bonchev–Trinajstić information content (AvgIpc) is 3.48. The quantitative estimate of drug-likeness (QED) is 0.295. The molecule has 1 saturated heterocycles. The molecule has 1 radical (unpaired) electrons. The Morgan fingerprint density at radius 2 is 1.90 bits per heavy atom. The number of alkyl halides is 3. The smallest absolute Gasteiger partial charge is 0.296 e. The van der Waals surface area contributed by atoms with Crippen molar-refractivity contribution in [3.8, 4) is 5.69 Å². The second-order valence-electron chi connectivity index (χ2n) is 12.0. The van der Waals surface area contributed by atoms with Gasteiger partial charge in [0.25, 0.3) is 0 Å². The largest absolute Gasteiger partial charge is 0.418 e. The molecule has 2 fully saturated rings. The van der Waals surface area contributed by atoms with Gasteiger partial charge in [-0.15, -0.1) is 0 Å². The normalized spacial score (nSPS) is 22.2. The lowest BCUT2D eigenvalue weighted by Crippen LogP contribution is -2.37. The monoisotopic (exact) mass is 566 g/mol. The molecule has 1 aliphatic carbocycles. The van der Waals surface area contributed by atoms with Crippen molar-refractivity contribution in [2.45, 2.75) is 70.5 Å². The maximum atomic E-state index is 14.5. The Balaban J connectivity index is 1.44. The molecule has 1 saturated carbocycles. The molecule has 2 aromatic heterocycles. The summed E-state index contributed by atoms with van der Waals surface area (Å²) in [7, 11) is 1.92. The molecule has 6 rings (SSSR count). The first-order valence-corrected chi connectivity index (χ1v) is 14.7. The van der Waals surface area contributed by atoms with Gasteiger partial charge in [0.05, 0.1) is 34.8 Å². The first kappa shape index (κ1) is 27.9. The Labute approximate surface area is 238 Å². The third-order valence-electron chi connectivity index (χ3n) is 9.15. The summed E-state index contributed by atoms with van der Waals surface area (Å²) in [6, 6.07) is 8.63. The van der Waals surface area contributed by atoms with E-state index in [-0.39, 0.29) is 17.5 Å². The second kappa shape index (κ2) is 10.9. The van der Waals surface area contributed by atoms with E-state index in [2.05, 4.69) is 22.1 Å². The zero-order chi connectivity index (χ0) is 28.9. The number of imidazole rings is 1. The van der Waals surface area contributed by atoms with E-state index in [1.54, 1.807) is 18.6 Å². The van der Waals surface area contributed by atoms with Gasteiger partial charge in [0.1, 0.15) is 0 Å². The first-order chi connectivity index (χ1) is 19.7. The van der Waals surface area contributed by atoms with Crippen LogP contribution < -0.4 is 5.69 Å². The van der Waals surface area contributed by atoms with Gasteiger partial charge >= 0.3 is 24.4 Å². The summed E-state index contributed by atoms with van der Waals surface area (Å²) in [5.74, 6) is 0.893. The molecule has 1 unspecified atom stereocenters. The van der Waals surface area contributed by atoms with Crippen LogP contribution >= 0.6 is 0 Å². The fraction of sp³-hybridized carbons (Fsp3) is 0.516. The highest BCUT2D eigenvalue weighted by Gasteiger charge is 2.42. The standard InChI is InChI=1S/C31H37F3N6O/c1-4-26(38-13-7-8-20(2)16-38)23-15-25(31(32,33)34)27-18-39(30(41)40(27)17-23)24-12-6-11-22(14-24)28(21-9-5-10-21)29-36-35-19-37(29)3/h6,11-12,14-15,17-21,26,28H,4-5,7-10,13,16H2,1-3H3/q+1/t20-,26?,28+/m0/s1. The lowest BCUT2D eigenvalue weighted by molar-refractivity contribution is -0.480. The van der Waals surface area contributed by atoms with Gasteiger partial charge in [0.2, 0.25) is 0 Å². The van der Waals surface area contributed by atoms with Gasteiger partial charge < -0.3 is 0 Å². The highest BCUT2D eigenvalue weighted by molar-refractivity contribution is 5.58. The van der Waals surface area contributed by atoms with Crippen LogP contribution in [0, 0.1) is 18.0 Å². The summed E-state index contributed by atoms with van der Waals surface area (Å²) in [4.78, 5) is 16.1. The lowest BCUT2D eigenvalue weighted by atomic mass is 9.71. The number of aromatic nitrogens is 2. The summed E-state index contributed by atoms with van der Waals surface area (Å²) in [5.41, 5.74) is 0.619. The number of benzene rings is 1. The molecule has 0 amide bonds. The van der Waals surface area contributed by atoms with E-state index in [0.717, 1.165) is 56.9 Å². The van der Waals surface area contributed by atoms with Crippen LogP contribution in [0.25, 0.3) is 11.2 Å². The minimum Gasteiger partial charge on any atom is -0.296 e. The molecular weight excluding hydrogens is 529 g/mol.